The lowest BCUT2D eigenvalue weighted by atomic mass is 9.23. The summed E-state index contributed by atoms with van der Waals surface area (Å²) in [5, 5.41) is 0.303. The number of halogens is 2. The van der Waals surface area contributed by atoms with Crippen LogP contribution in [0.5, 0.6) is 0 Å². The molecule has 4 fully saturated rings. The molecule has 0 unspecified atom stereocenters. The van der Waals surface area contributed by atoms with Crippen molar-refractivity contribution in [2.24, 2.45) is 0 Å². The molecule has 0 spiro atoms. The van der Waals surface area contributed by atoms with Crippen LogP contribution in [0.3, 0.4) is 0 Å². The lowest BCUT2D eigenvalue weighted by molar-refractivity contribution is -0.0385. The second-order valence-corrected chi connectivity index (χ2v) is 8.80. The van der Waals surface area contributed by atoms with E-state index in [9.17, 15) is 4.39 Å². The Morgan fingerprint density at radius 3 is 2.09 bits per heavy atom. The third-order valence-corrected chi connectivity index (χ3v) is 6.66. The maximum absolute atomic E-state index is 13.7. The zero-order valence-corrected chi connectivity index (χ0v) is 14.3. The van der Waals surface area contributed by atoms with Crippen molar-refractivity contribution in [3.8, 4) is 0 Å². The van der Waals surface area contributed by atoms with Gasteiger partial charge in [-0.05, 0) is 70.1 Å². The molecule has 0 N–H and O–H groups in total. The summed E-state index contributed by atoms with van der Waals surface area (Å²) in [5.41, 5.74) is 0.599. The van der Waals surface area contributed by atoms with Crippen LogP contribution in [0, 0.1) is 5.82 Å². The van der Waals surface area contributed by atoms with E-state index in [2.05, 4.69) is 27.7 Å². The van der Waals surface area contributed by atoms with Gasteiger partial charge in [-0.2, -0.15) is 0 Å². The van der Waals surface area contributed by atoms with Crippen molar-refractivity contribution in [1.29, 1.82) is 0 Å². The molecule has 0 radical (unpaired) electrons. The van der Waals surface area contributed by atoms with Gasteiger partial charge in [-0.3, -0.25) is 0 Å². The maximum Gasteiger partial charge on any atom is 0.464 e. The zero-order chi connectivity index (χ0) is 16.0. The lowest BCUT2D eigenvalue weighted by Gasteiger charge is -2.71. The summed E-state index contributed by atoms with van der Waals surface area (Å²) in [4.78, 5) is 0. The molecule has 5 rings (SSSR count). The molecule has 3 saturated carbocycles. The molecule has 1 aromatic carbocycles. The summed E-state index contributed by atoms with van der Waals surface area (Å²) in [6.07, 6.45) is 3.04. The number of rotatable bonds is 2. The van der Waals surface area contributed by atoms with Gasteiger partial charge < -0.3 is 9.31 Å². The molecule has 0 atom stereocenters. The maximum atomic E-state index is 13.7. The van der Waals surface area contributed by atoms with Crippen molar-refractivity contribution >= 4 is 18.7 Å². The first-order valence-corrected chi connectivity index (χ1v) is 8.28. The van der Waals surface area contributed by atoms with E-state index in [4.69, 9.17) is 20.9 Å². The summed E-state index contributed by atoms with van der Waals surface area (Å²) in [5.74, 6) is -0.325. The molecule has 2 nitrogen and oxygen atoms in total. The van der Waals surface area contributed by atoms with E-state index in [1.54, 1.807) is 12.1 Å². The quantitative estimate of drug-likeness (QED) is 0.732. The van der Waals surface area contributed by atoms with Gasteiger partial charge in [0.25, 0.3) is 0 Å². The molecule has 3 aliphatic carbocycles. The molecule has 0 aromatic heterocycles. The van der Waals surface area contributed by atoms with Crippen LogP contribution in [0.15, 0.2) is 18.2 Å². The van der Waals surface area contributed by atoms with Crippen LogP contribution in [0.2, 0.25) is 10.3 Å². The number of benzene rings is 1. The van der Waals surface area contributed by atoms with Crippen LogP contribution in [-0.2, 0) is 14.7 Å². The molecule has 118 valence electrons. The van der Waals surface area contributed by atoms with Crippen molar-refractivity contribution in [2.75, 3.05) is 0 Å². The molecular weight excluding hydrogens is 301 g/mol. The highest BCUT2D eigenvalue weighted by atomic mass is 35.5. The van der Waals surface area contributed by atoms with E-state index in [0.29, 0.717) is 0 Å². The molecule has 22 heavy (non-hydrogen) atoms. The van der Waals surface area contributed by atoms with E-state index in [1.165, 1.54) is 0 Å². The SMILES string of the molecule is CC1(C)OB(C23CC(c4ccc(Cl)c(F)c4)(C2)C3)OC1(C)C. The molecule has 4 aliphatic rings. The van der Waals surface area contributed by atoms with E-state index in [0.717, 1.165) is 24.8 Å². The molecule has 0 amide bonds. The second kappa shape index (κ2) is 4.09. The molecule has 1 aromatic rings. The fourth-order valence-corrected chi connectivity index (χ4v) is 4.46. The standard InChI is InChI=1S/C17H21BClFO2/c1-14(2)15(3,4)22-18(21-14)17-8-16(9-17,10-17)11-5-6-12(19)13(20)7-11/h5-7H,8-10H2,1-4H3. The van der Waals surface area contributed by atoms with E-state index < -0.39 is 0 Å². The Hall–Kier alpha value is -0.575. The Balaban J connectivity index is 1.51. The smallest absolute Gasteiger partial charge is 0.403 e. The van der Waals surface area contributed by atoms with Crippen LogP contribution in [0.4, 0.5) is 4.39 Å². The fourth-order valence-electron chi connectivity index (χ4n) is 4.34. The van der Waals surface area contributed by atoms with Gasteiger partial charge in [0.2, 0.25) is 0 Å². The minimum absolute atomic E-state index is 0.106. The van der Waals surface area contributed by atoms with Gasteiger partial charge in [0, 0.05) is 5.31 Å². The number of hydrogen-bond acceptors (Lipinski definition) is 2. The average Bonchev–Trinajstić information content (AvgIpc) is 2.49. The Morgan fingerprint density at radius 2 is 1.59 bits per heavy atom. The van der Waals surface area contributed by atoms with Gasteiger partial charge in [0.15, 0.2) is 0 Å². The second-order valence-electron chi connectivity index (χ2n) is 8.39. The van der Waals surface area contributed by atoms with Crippen molar-refractivity contribution in [2.45, 2.75) is 68.9 Å². The van der Waals surface area contributed by atoms with Crippen molar-refractivity contribution < 1.29 is 13.7 Å². The minimum Gasteiger partial charge on any atom is -0.403 e. The first kappa shape index (κ1) is 15.0. The molecule has 1 saturated heterocycles. The summed E-state index contributed by atoms with van der Waals surface area (Å²) in [6.45, 7) is 8.34. The van der Waals surface area contributed by atoms with Crippen LogP contribution >= 0.6 is 11.6 Å². The number of hydrogen-bond donors (Lipinski definition) is 0. The van der Waals surface area contributed by atoms with Gasteiger partial charge in [-0.1, -0.05) is 17.7 Å². The van der Waals surface area contributed by atoms with E-state index in [1.807, 2.05) is 6.07 Å². The third kappa shape index (κ3) is 1.75. The van der Waals surface area contributed by atoms with Crippen LogP contribution < -0.4 is 0 Å². The van der Waals surface area contributed by atoms with Crippen LogP contribution in [0.25, 0.3) is 0 Å². The van der Waals surface area contributed by atoms with Gasteiger partial charge >= 0.3 is 7.12 Å². The summed E-state index contributed by atoms with van der Waals surface area (Å²) >= 11 is 5.78. The normalized spacial score (nSPS) is 37.6. The largest absolute Gasteiger partial charge is 0.464 e. The molecule has 2 bridgehead atoms. The first-order chi connectivity index (χ1) is 10.1. The lowest BCUT2D eigenvalue weighted by Crippen LogP contribution is -2.66. The monoisotopic (exact) mass is 322 g/mol. The van der Waals surface area contributed by atoms with Gasteiger partial charge in [0.1, 0.15) is 5.82 Å². The zero-order valence-electron chi connectivity index (χ0n) is 13.5. The third-order valence-electron chi connectivity index (χ3n) is 6.36. The predicted molar refractivity (Wildman–Crippen MR) is 85.7 cm³/mol. The van der Waals surface area contributed by atoms with Crippen molar-refractivity contribution in [3.05, 3.63) is 34.6 Å². The fraction of sp³-hybridized carbons (Fsp3) is 0.647. The average molecular weight is 323 g/mol. The molecule has 1 heterocycles. The Kier molecular flexibility index (Phi) is 2.78. The minimum atomic E-state index is -0.325. The first-order valence-electron chi connectivity index (χ1n) is 7.91. The summed E-state index contributed by atoms with van der Waals surface area (Å²) in [6, 6.07) is 5.21. The van der Waals surface area contributed by atoms with Gasteiger partial charge in [-0.25, -0.2) is 4.39 Å². The molecule has 5 heteroatoms. The molecular formula is C17H21BClFO2. The van der Waals surface area contributed by atoms with Crippen LogP contribution in [-0.4, -0.2) is 18.3 Å². The van der Waals surface area contributed by atoms with E-state index >= 15 is 0 Å². The highest BCUT2D eigenvalue weighted by molar-refractivity contribution is 6.51. The van der Waals surface area contributed by atoms with Crippen molar-refractivity contribution in [3.63, 3.8) is 0 Å². The summed E-state index contributed by atoms with van der Waals surface area (Å²) < 4.78 is 26.1. The Morgan fingerprint density at radius 1 is 1.05 bits per heavy atom. The van der Waals surface area contributed by atoms with Gasteiger partial charge in [0.05, 0.1) is 16.2 Å². The van der Waals surface area contributed by atoms with Gasteiger partial charge in [-0.15, -0.1) is 0 Å². The van der Waals surface area contributed by atoms with Crippen molar-refractivity contribution in [1.82, 2.24) is 0 Å². The predicted octanol–water partition coefficient (Wildman–Crippen LogP) is 4.75. The summed E-state index contributed by atoms with van der Waals surface area (Å²) in [7, 11) is -0.142. The highest BCUT2D eigenvalue weighted by Crippen LogP contribution is 2.80. The Labute approximate surface area is 136 Å². The van der Waals surface area contributed by atoms with Crippen LogP contribution in [0.1, 0.15) is 52.5 Å². The molecule has 1 aliphatic heterocycles. The highest BCUT2D eigenvalue weighted by Gasteiger charge is 2.76. The topological polar surface area (TPSA) is 18.5 Å². The van der Waals surface area contributed by atoms with E-state index in [-0.39, 0.29) is 39.9 Å². The Bertz CT molecular complexity index is 622.